The molecule has 0 aliphatic heterocycles. The zero-order chi connectivity index (χ0) is 14.1. The van der Waals surface area contributed by atoms with Crippen molar-refractivity contribution in [1.82, 2.24) is 0 Å². The summed E-state index contributed by atoms with van der Waals surface area (Å²) in [6.45, 7) is 2.21. The maximum absolute atomic E-state index is 11.1. The van der Waals surface area contributed by atoms with E-state index >= 15 is 0 Å². The molecule has 0 saturated heterocycles. The minimum Gasteiger partial charge on any atom is -0.540 e. The van der Waals surface area contributed by atoms with Crippen LogP contribution < -0.4 is 4.43 Å². The fourth-order valence-electron chi connectivity index (χ4n) is 2.17. The number of carboxylic acid groups (broad SMARTS) is 1. The number of hydrogen-bond donors (Lipinski definition) is 1. The molecule has 3 nitrogen and oxygen atoms in total. The van der Waals surface area contributed by atoms with Gasteiger partial charge in [0.25, 0.3) is 0 Å². The van der Waals surface area contributed by atoms with Gasteiger partial charge in [-0.25, -0.2) is 4.79 Å². The molecule has 0 aliphatic carbocycles. The standard InChI is InChI=1S/C15H21O3Si/c1-2-3-4-5-6-7-9-12-10-8-11-13(15(16)17)14(12)18-19/h8,10-11H,2-7,9H2,1H3,(H,16,17). The summed E-state index contributed by atoms with van der Waals surface area (Å²) in [5.74, 6) is -0.529. The van der Waals surface area contributed by atoms with Crippen molar-refractivity contribution in [3.05, 3.63) is 29.3 Å². The van der Waals surface area contributed by atoms with E-state index in [9.17, 15) is 4.79 Å². The largest absolute Gasteiger partial charge is 0.540 e. The van der Waals surface area contributed by atoms with Gasteiger partial charge >= 0.3 is 16.5 Å². The van der Waals surface area contributed by atoms with E-state index in [2.05, 4.69) is 17.4 Å². The molecule has 0 aliphatic rings. The van der Waals surface area contributed by atoms with Crippen molar-refractivity contribution in [2.45, 2.75) is 51.9 Å². The molecule has 103 valence electrons. The summed E-state index contributed by atoms with van der Waals surface area (Å²) >= 11 is 0. The Balaban J connectivity index is 2.53. The zero-order valence-electron chi connectivity index (χ0n) is 11.4. The highest BCUT2D eigenvalue weighted by Crippen LogP contribution is 2.25. The van der Waals surface area contributed by atoms with E-state index in [-0.39, 0.29) is 5.56 Å². The molecule has 1 aromatic rings. The van der Waals surface area contributed by atoms with Gasteiger partial charge in [-0.2, -0.15) is 0 Å². The van der Waals surface area contributed by atoms with E-state index in [0.717, 1.165) is 18.4 Å². The van der Waals surface area contributed by atoms with Crippen LogP contribution in [0.1, 0.15) is 61.4 Å². The predicted molar refractivity (Wildman–Crippen MR) is 76.9 cm³/mol. The van der Waals surface area contributed by atoms with Crippen LogP contribution in [0.15, 0.2) is 18.2 Å². The Kier molecular flexibility index (Phi) is 7.26. The lowest BCUT2D eigenvalue weighted by Crippen LogP contribution is -2.04. The highest BCUT2D eigenvalue weighted by molar-refractivity contribution is 6.02. The average Bonchev–Trinajstić information content (AvgIpc) is 2.42. The van der Waals surface area contributed by atoms with Crippen molar-refractivity contribution in [2.75, 3.05) is 0 Å². The molecule has 0 saturated carbocycles. The van der Waals surface area contributed by atoms with Crippen molar-refractivity contribution < 1.29 is 14.3 Å². The molecule has 19 heavy (non-hydrogen) atoms. The van der Waals surface area contributed by atoms with Crippen LogP contribution in [0.25, 0.3) is 0 Å². The summed E-state index contributed by atoms with van der Waals surface area (Å²) in [5.41, 5.74) is 1.16. The molecule has 0 fully saturated rings. The van der Waals surface area contributed by atoms with Gasteiger partial charge in [0.2, 0.25) is 0 Å². The Labute approximate surface area is 118 Å². The minimum absolute atomic E-state index is 0.207. The lowest BCUT2D eigenvalue weighted by atomic mass is 10.0. The van der Waals surface area contributed by atoms with Crippen molar-refractivity contribution >= 4 is 16.5 Å². The highest BCUT2D eigenvalue weighted by Gasteiger charge is 2.13. The van der Waals surface area contributed by atoms with Crippen LogP contribution in [-0.2, 0) is 6.42 Å². The maximum Gasteiger partial charge on any atom is 0.341 e. The van der Waals surface area contributed by atoms with Crippen LogP contribution in [0, 0.1) is 0 Å². The normalized spacial score (nSPS) is 10.4. The molecule has 4 heteroatoms. The number of hydrogen-bond acceptors (Lipinski definition) is 2. The van der Waals surface area contributed by atoms with Gasteiger partial charge in [0.15, 0.2) is 0 Å². The van der Waals surface area contributed by atoms with Gasteiger partial charge in [-0.3, -0.25) is 0 Å². The highest BCUT2D eigenvalue weighted by atomic mass is 28.2. The first-order valence-corrected chi connectivity index (χ1v) is 7.30. The minimum atomic E-state index is -0.960. The fourth-order valence-corrected chi connectivity index (χ4v) is 2.41. The Morgan fingerprint density at radius 1 is 1.21 bits per heavy atom. The van der Waals surface area contributed by atoms with Crippen molar-refractivity contribution in [3.63, 3.8) is 0 Å². The number of unbranched alkanes of at least 4 members (excludes halogenated alkanes) is 5. The third-order valence-corrected chi connectivity index (χ3v) is 3.43. The van der Waals surface area contributed by atoms with E-state index in [1.165, 1.54) is 32.1 Å². The van der Waals surface area contributed by atoms with Crippen LogP contribution in [0.3, 0.4) is 0 Å². The van der Waals surface area contributed by atoms with Crippen LogP contribution in [-0.4, -0.2) is 21.6 Å². The van der Waals surface area contributed by atoms with Gasteiger partial charge in [0, 0.05) is 0 Å². The molecular formula is C15H21O3Si. The van der Waals surface area contributed by atoms with Crippen molar-refractivity contribution in [1.29, 1.82) is 0 Å². The van der Waals surface area contributed by atoms with Gasteiger partial charge < -0.3 is 9.53 Å². The molecule has 0 amide bonds. The number of aryl methyl sites for hydroxylation is 1. The first-order chi connectivity index (χ1) is 9.20. The summed E-state index contributed by atoms with van der Waals surface area (Å²) in [4.78, 5) is 11.1. The van der Waals surface area contributed by atoms with Crippen LogP contribution in [0.5, 0.6) is 5.75 Å². The monoisotopic (exact) mass is 277 g/mol. The summed E-state index contributed by atoms with van der Waals surface area (Å²) in [6, 6.07) is 5.25. The number of benzene rings is 1. The molecule has 1 N–H and O–H groups in total. The summed E-state index contributed by atoms with van der Waals surface area (Å²) in [6.07, 6.45) is 8.18. The lowest BCUT2D eigenvalue weighted by molar-refractivity contribution is 0.0695. The number of rotatable bonds is 9. The molecule has 1 rings (SSSR count). The number of carboxylic acids is 1. The second kappa shape index (κ2) is 8.75. The molecule has 1 aromatic carbocycles. The summed E-state index contributed by atoms with van der Waals surface area (Å²) < 4.78 is 5.06. The van der Waals surface area contributed by atoms with Crippen molar-refractivity contribution in [2.24, 2.45) is 0 Å². The quantitative estimate of drug-likeness (QED) is 0.552. The second-order valence-electron chi connectivity index (χ2n) is 4.72. The van der Waals surface area contributed by atoms with E-state index < -0.39 is 5.97 Å². The Hall–Kier alpha value is -1.29. The van der Waals surface area contributed by atoms with E-state index in [0.29, 0.717) is 5.75 Å². The predicted octanol–water partition coefficient (Wildman–Crippen LogP) is 3.75. The van der Waals surface area contributed by atoms with E-state index in [1.54, 1.807) is 12.1 Å². The second-order valence-corrected chi connectivity index (χ2v) is 4.92. The molecule has 0 aromatic heterocycles. The van der Waals surface area contributed by atoms with Crippen LogP contribution in [0.2, 0.25) is 0 Å². The summed E-state index contributed by atoms with van der Waals surface area (Å²) in [7, 11) is 2.96. The molecule has 0 heterocycles. The smallest absolute Gasteiger partial charge is 0.341 e. The third-order valence-electron chi connectivity index (χ3n) is 3.23. The maximum atomic E-state index is 11.1. The third kappa shape index (κ3) is 5.07. The van der Waals surface area contributed by atoms with Crippen LogP contribution in [0.4, 0.5) is 0 Å². The molecule has 3 radical (unpaired) electrons. The Bertz CT molecular complexity index is 404. The van der Waals surface area contributed by atoms with Gasteiger partial charge in [-0.1, -0.05) is 51.2 Å². The molecule has 0 spiro atoms. The van der Waals surface area contributed by atoms with Gasteiger partial charge in [-0.05, 0) is 24.5 Å². The van der Waals surface area contributed by atoms with Crippen molar-refractivity contribution in [3.8, 4) is 5.75 Å². The number of aromatic carboxylic acids is 1. The average molecular weight is 277 g/mol. The van der Waals surface area contributed by atoms with Crippen LogP contribution >= 0.6 is 0 Å². The molecular weight excluding hydrogens is 256 g/mol. The number of carbonyl (C=O) groups is 1. The Morgan fingerprint density at radius 3 is 2.53 bits per heavy atom. The fraction of sp³-hybridized carbons (Fsp3) is 0.533. The molecule has 0 atom stereocenters. The Morgan fingerprint density at radius 2 is 1.89 bits per heavy atom. The number of para-hydroxylation sites is 1. The topological polar surface area (TPSA) is 46.5 Å². The van der Waals surface area contributed by atoms with Gasteiger partial charge in [0.05, 0.1) is 0 Å². The SMILES string of the molecule is CCCCCCCCc1cccc(C(=O)O)c1O[Si]. The van der Waals surface area contributed by atoms with E-state index in [4.69, 9.17) is 9.53 Å². The van der Waals surface area contributed by atoms with E-state index in [1.807, 2.05) is 6.07 Å². The summed E-state index contributed by atoms with van der Waals surface area (Å²) in [5, 5.41) is 9.09. The van der Waals surface area contributed by atoms with Gasteiger partial charge in [-0.15, -0.1) is 0 Å². The molecule has 0 unspecified atom stereocenters. The first kappa shape index (κ1) is 15.8. The lowest BCUT2D eigenvalue weighted by Gasteiger charge is -2.11. The first-order valence-electron chi connectivity index (χ1n) is 6.89. The molecule has 0 bridgehead atoms. The zero-order valence-corrected chi connectivity index (χ0v) is 12.4. The van der Waals surface area contributed by atoms with Gasteiger partial charge in [0.1, 0.15) is 11.3 Å².